The van der Waals surface area contributed by atoms with E-state index in [1.54, 1.807) is 7.05 Å². The molecule has 0 aromatic carbocycles. The standard InChI is InChI=1S/C15H22FN7O3/c1-15(16)10(25)8(5-24)26-13(15)23-6-19-9-11(17-2)21-14(22-12(9)23)20-7-3-18-4-7/h6-8,10,13,18,24-25H,3-5H2,1-2H3,(H2,17,20,21,22)/t8-,10-,13-,15-/m1/s1. The van der Waals surface area contributed by atoms with Crippen LogP contribution in [-0.2, 0) is 4.74 Å². The quantitative estimate of drug-likeness (QED) is 0.462. The summed E-state index contributed by atoms with van der Waals surface area (Å²) in [4.78, 5) is 13.1. The van der Waals surface area contributed by atoms with Crippen LogP contribution < -0.4 is 16.0 Å². The molecule has 0 radical (unpaired) electrons. The fourth-order valence-electron chi connectivity index (χ4n) is 3.26. The number of hydrogen-bond acceptors (Lipinski definition) is 9. The average Bonchev–Trinajstić information content (AvgIpc) is 3.10. The second-order valence-electron chi connectivity index (χ2n) is 6.77. The van der Waals surface area contributed by atoms with Gasteiger partial charge in [-0.25, -0.2) is 9.37 Å². The van der Waals surface area contributed by atoms with Crippen molar-refractivity contribution in [2.45, 2.75) is 37.1 Å². The lowest BCUT2D eigenvalue weighted by atomic mass is 9.98. The summed E-state index contributed by atoms with van der Waals surface area (Å²) in [7, 11) is 1.71. The van der Waals surface area contributed by atoms with Gasteiger partial charge in [-0.3, -0.25) is 4.57 Å². The summed E-state index contributed by atoms with van der Waals surface area (Å²) in [5.41, 5.74) is -1.28. The molecule has 0 spiro atoms. The van der Waals surface area contributed by atoms with Gasteiger partial charge in [0.05, 0.1) is 19.0 Å². The molecule has 10 nitrogen and oxygen atoms in total. The van der Waals surface area contributed by atoms with E-state index in [1.807, 2.05) is 0 Å². The van der Waals surface area contributed by atoms with Gasteiger partial charge in [0.15, 0.2) is 28.9 Å². The first-order chi connectivity index (χ1) is 12.5. The third-order valence-corrected chi connectivity index (χ3v) is 4.92. The number of hydrogen-bond donors (Lipinski definition) is 5. The number of fused-ring (bicyclic) bond motifs is 1. The summed E-state index contributed by atoms with van der Waals surface area (Å²) in [6.07, 6.45) is -2.24. The Hall–Kier alpha value is -2.08. The van der Waals surface area contributed by atoms with E-state index in [4.69, 9.17) is 4.74 Å². The van der Waals surface area contributed by atoms with E-state index < -0.39 is 30.7 Å². The second kappa shape index (κ2) is 6.27. The van der Waals surface area contributed by atoms with Crippen molar-refractivity contribution in [3.63, 3.8) is 0 Å². The predicted octanol–water partition coefficient (Wildman–Crippen LogP) is -0.769. The van der Waals surface area contributed by atoms with Gasteiger partial charge >= 0.3 is 0 Å². The first-order valence-corrected chi connectivity index (χ1v) is 8.48. The maximum absolute atomic E-state index is 15.1. The van der Waals surface area contributed by atoms with Gasteiger partial charge in [-0.1, -0.05) is 0 Å². The van der Waals surface area contributed by atoms with Crippen molar-refractivity contribution in [1.29, 1.82) is 0 Å². The van der Waals surface area contributed by atoms with Gasteiger partial charge in [0.1, 0.15) is 12.2 Å². The van der Waals surface area contributed by atoms with Crippen LogP contribution in [0, 0.1) is 0 Å². The molecule has 0 aliphatic carbocycles. The molecule has 2 aromatic heterocycles. The van der Waals surface area contributed by atoms with Crippen LogP contribution in [0.5, 0.6) is 0 Å². The summed E-state index contributed by atoms with van der Waals surface area (Å²) in [5.74, 6) is 0.897. The number of imidazole rings is 1. The van der Waals surface area contributed by atoms with Gasteiger partial charge in [-0.15, -0.1) is 0 Å². The van der Waals surface area contributed by atoms with E-state index in [2.05, 4.69) is 30.9 Å². The number of aliphatic hydroxyl groups excluding tert-OH is 2. The Balaban J connectivity index is 1.76. The molecule has 4 atom stereocenters. The summed E-state index contributed by atoms with van der Waals surface area (Å²) in [6, 6.07) is 0.225. The van der Waals surface area contributed by atoms with Crippen molar-refractivity contribution in [3.8, 4) is 0 Å². The van der Waals surface area contributed by atoms with Crippen LogP contribution in [-0.4, -0.2) is 80.4 Å². The number of nitrogens with one attached hydrogen (secondary N) is 3. The highest BCUT2D eigenvalue weighted by atomic mass is 19.1. The van der Waals surface area contributed by atoms with Gasteiger partial charge in [0.25, 0.3) is 0 Å². The third-order valence-electron chi connectivity index (χ3n) is 4.92. The molecule has 2 aliphatic heterocycles. The lowest BCUT2D eigenvalue weighted by Gasteiger charge is -2.28. The summed E-state index contributed by atoms with van der Waals surface area (Å²) >= 11 is 0. The molecule has 0 amide bonds. The van der Waals surface area contributed by atoms with Crippen LogP contribution in [0.1, 0.15) is 13.2 Å². The molecule has 0 unspecified atom stereocenters. The van der Waals surface area contributed by atoms with Gasteiger partial charge in [0.2, 0.25) is 5.95 Å². The molecular formula is C15H22FN7O3. The Bertz CT molecular complexity index is 810. The molecule has 26 heavy (non-hydrogen) atoms. The van der Waals surface area contributed by atoms with Gasteiger partial charge < -0.3 is 30.9 Å². The Kier molecular flexibility index (Phi) is 4.18. The Morgan fingerprint density at radius 2 is 2.23 bits per heavy atom. The Labute approximate surface area is 148 Å². The number of alkyl halides is 1. The van der Waals surface area contributed by atoms with Crippen molar-refractivity contribution in [3.05, 3.63) is 6.33 Å². The maximum atomic E-state index is 15.1. The van der Waals surface area contributed by atoms with Crippen molar-refractivity contribution in [2.75, 3.05) is 37.4 Å². The highest BCUT2D eigenvalue weighted by Gasteiger charge is 2.55. The normalized spacial score (nSPS) is 32.0. The lowest BCUT2D eigenvalue weighted by molar-refractivity contribution is -0.0566. The van der Waals surface area contributed by atoms with Crippen LogP contribution in [0.4, 0.5) is 16.2 Å². The van der Waals surface area contributed by atoms with Gasteiger partial charge in [0, 0.05) is 20.1 Å². The summed E-state index contributed by atoms with van der Waals surface area (Å²) in [6.45, 7) is 2.38. The minimum absolute atomic E-state index is 0.225. The molecule has 4 rings (SSSR count). The van der Waals surface area contributed by atoms with Crippen LogP contribution in [0.2, 0.25) is 0 Å². The van der Waals surface area contributed by atoms with Crippen molar-refractivity contribution in [1.82, 2.24) is 24.8 Å². The van der Waals surface area contributed by atoms with Crippen molar-refractivity contribution >= 4 is 22.9 Å². The molecule has 142 valence electrons. The summed E-state index contributed by atoms with van der Waals surface area (Å²) < 4.78 is 22.1. The topological polar surface area (TPSA) is 129 Å². The largest absolute Gasteiger partial charge is 0.394 e. The Morgan fingerprint density at radius 1 is 1.46 bits per heavy atom. The molecule has 2 fully saturated rings. The number of aliphatic hydroxyl groups is 2. The molecule has 11 heteroatoms. The first-order valence-electron chi connectivity index (χ1n) is 8.48. The number of rotatable bonds is 5. The lowest BCUT2D eigenvalue weighted by Crippen LogP contribution is -2.51. The van der Waals surface area contributed by atoms with E-state index in [0.717, 1.165) is 13.1 Å². The van der Waals surface area contributed by atoms with Crippen molar-refractivity contribution < 1.29 is 19.3 Å². The molecule has 2 saturated heterocycles. The smallest absolute Gasteiger partial charge is 0.227 e. The number of halogens is 1. The van der Waals surface area contributed by atoms with Crippen LogP contribution >= 0.6 is 0 Å². The molecule has 0 bridgehead atoms. The minimum Gasteiger partial charge on any atom is -0.394 e. The van der Waals surface area contributed by atoms with Crippen LogP contribution in [0.25, 0.3) is 11.2 Å². The summed E-state index contributed by atoms with van der Waals surface area (Å²) in [5, 5.41) is 28.8. The highest BCUT2D eigenvalue weighted by molar-refractivity contribution is 5.84. The van der Waals surface area contributed by atoms with Gasteiger partial charge in [-0.05, 0) is 6.92 Å². The fourth-order valence-corrected chi connectivity index (χ4v) is 3.26. The average molecular weight is 367 g/mol. The van der Waals surface area contributed by atoms with E-state index in [1.165, 1.54) is 17.8 Å². The number of aromatic nitrogens is 4. The second-order valence-corrected chi connectivity index (χ2v) is 6.77. The zero-order valence-electron chi connectivity index (χ0n) is 14.5. The van der Waals surface area contributed by atoms with Crippen LogP contribution in [0.15, 0.2) is 6.33 Å². The minimum atomic E-state index is -2.11. The fraction of sp³-hybridized carbons (Fsp3) is 0.667. The molecule has 5 N–H and O–H groups in total. The predicted molar refractivity (Wildman–Crippen MR) is 91.7 cm³/mol. The van der Waals surface area contributed by atoms with Gasteiger partial charge in [-0.2, -0.15) is 9.97 Å². The number of nitrogens with zero attached hydrogens (tertiary/aromatic N) is 4. The molecular weight excluding hydrogens is 345 g/mol. The number of anilines is 2. The van der Waals surface area contributed by atoms with E-state index in [0.29, 0.717) is 22.9 Å². The monoisotopic (exact) mass is 367 g/mol. The van der Waals surface area contributed by atoms with Crippen molar-refractivity contribution in [2.24, 2.45) is 0 Å². The van der Waals surface area contributed by atoms with Crippen LogP contribution in [0.3, 0.4) is 0 Å². The molecule has 0 saturated carbocycles. The van der Waals surface area contributed by atoms with E-state index >= 15 is 4.39 Å². The molecule has 2 aromatic rings. The van der Waals surface area contributed by atoms with E-state index in [-0.39, 0.29) is 6.04 Å². The Morgan fingerprint density at radius 3 is 2.81 bits per heavy atom. The SMILES string of the molecule is CNc1nc(NC2CNC2)nc2c1ncn2[C@@H]1O[C@H](CO)[C@@H](O)[C@@]1(C)F. The maximum Gasteiger partial charge on any atom is 0.227 e. The highest BCUT2D eigenvalue weighted by Crippen LogP contribution is 2.42. The zero-order valence-corrected chi connectivity index (χ0v) is 14.5. The molecule has 4 heterocycles. The van der Waals surface area contributed by atoms with E-state index in [9.17, 15) is 10.2 Å². The zero-order chi connectivity index (χ0) is 18.5. The number of ether oxygens (including phenoxy) is 1. The first kappa shape index (κ1) is 17.3. The molecule has 2 aliphatic rings. The third kappa shape index (κ3) is 2.58.